The number of hydrogen-bond donors (Lipinski definition) is 3. The minimum Gasteiger partial charge on any atom is -0.383 e. The third-order valence-corrected chi connectivity index (χ3v) is 5.60. The molecule has 1 unspecified atom stereocenters. The van der Waals surface area contributed by atoms with Crippen molar-refractivity contribution in [1.82, 2.24) is 9.97 Å². The highest BCUT2D eigenvalue weighted by Crippen LogP contribution is 2.37. The van der Waals surface area contributed by atoms with Crippen molar-refractivity contribution in [2.24, 2.45) is 11.7 Å². The molecule has 0 aliphatic heterocycles. The van der Waals surface area contributed by atoms with Crippen molar-refractivity contribution in [2.75, 3.05) is 18.0 Å². The van der Waals surface area contributed by atoms with Crippen molar-refractivity contribution in [1.29, 1.82) is 0 Å². The third kappa shape index (κ3) is 4.52. The molecule has 4 rings (SSSR count). The SMILES string of the molecule is NCC1CCCCC1.Nc1nc(N)c2c(n1)C(c1ccccc1)CCC2. The second-order valence-corrected chi connectivity index (χ2v) is 7.43. The van der Waals surface area contributed by atoms with Crippen molar-refractivity contribution < 1.29 is 0 Å². The number of nitrogen functional groups attached to an aromatic ring is 2. The van der Waals surface area contributed by atoms with Crippen LogP contribution in [0.4, 0.5) is 11.8 Å². The number of benzene rings is 1. The molecule has 140 valence electrons. The van der Waals surface area contributed by atoms with Crippen LogP contribution < -0.4 is 17.2 Å². The number of anilines is 2. The van der Waals surface area contributed by atoms with Gasteiger partial charge in [0.1, 0.15) is 5.82 Å². The fraction of sp³-hybridized carbons (Fsp3) is 0.524. The molecule has 1 saturated carbocycles. The predicted octanol–water partition coefficient (Wildman–Crippen LogP) is 3.63. The second kappa shape index (κ2) is 8.99. The number of nitrogens with two attached hydrogens (primary N) is 3. The van der Waals surface area contributed by atoms with Crippen LogP contribution in [0, 0.1) is 5.92 Å². The van der Waals surface area contributed by atoms with Gasteiger partial charge in [0.2, 0.25) is 5.95 Å². The van der Waals surface area contributed by atoms with Gasteiger partial charge in [0, 0.05) is 11.5 Å². The Balaban J connectivity index is 0.000000206. The summed E-state index contributed by atoms with van der Waals surface area (Å²) in [5.74, 6) is 1.97. The monoisotopic (exact) mass is 353 g/mol. The molecule has 5 heteroatoms. The van der Waals surface area contributed by atoms with E-state index in [1.165, 1.54) is 37.7 Å². The van der Waals surface area contributed by atoms with Gasteiger partial charge in [-0.1, -0.05) is 49.6 Å². The molecule has 1 atom stereocenters. The van der Waals surface area contributed by atoms with E-state index in [0.29, 0.717) is 11.7 Å². The van der Waals surface area contributed by atoms with Gasteiger partial charge < -0.3 is 17.2 Å². The van der Waals surface area contributed by atoms with Crippen LogP contribution in [0.5, 0.6) is 0 Å². The fourth-order valence-corrected chi connectivity index (χ4v) is 4.13. The van der Waals surface area contributed by atoms with E-state index in [2.05, 4.69) is 34.2 Å². The predicted molar refractivity (Wildman–Crippen MR) is 108 cm³/mol. The Kier molecular flexibility index (Phi) is 6.45. The highest BCUT2D eigenvalue weighted by atomic mass is 15.0. The summed E-state index contributed by atoms with van der Waals surface area (Å²) in [4.78, 5) is 8.48. The standard InChI is InChI=1S/C14H16N4.C7H15N/c15-13-11-8-4-7-10(9-5-2-1-3-6-9)12(11)17-14(16)18-13;8-6-7-4-2-1-3-5-7/h1-3,5-6,10H,4,7-8H2,(H4,15,16,17,18);7H,1-6,8H2. The van der Waals surface area contributed by atoms with E-state index in [9.17, 15) is 0 Å². The van der Waals surface area contributed by atoms with Crippen LogP contribution in [0.3, 0.4) is 0 Å². The molecular formula is C21H31N5. The minimum atomic E-state index is 0.272. The van der Waals surface area contributed by atoms with Crippen molar-refractivity contribution in [3.63, 3.8) is 0 Å². The highest BCUT2D eigenvalue weighted by molar-refractivity contribution is 5.50. The first-order chi connectivity index (χ1) is 12.7. The number of hydrogen-bond acceptors (Lipinski definition) is 5. The molecule has 1 heterocycles. The third-order valence-electron chi connectivity index (χ3n) is 5.60. The van der Waals surface area contributed by atoms with Gasteiger partial charge in [-0.15, -0.1) is 0 Å². The molecule has 1 aromatic carbocycles. The number of aromatic nitrogens is 2. The van der Waals surface area contributed by atoms with Crippen molar-refractivity contribution >= 4 is 11.8 Å². The minimum absolute atomic E-state index is 0.272. The summed E-state index contributed by atoms with van der Waals surface area (Å²) in [7, 11) is 0. The first kappa shape index (κ1) is 18.6. The topological polar surface area (TPSA) is 104 Å². The van der Waals surface area contributed by atoms with E-state index in [-0.39, 0.29) is 5.95 Å². The van der Waals surface area contributed by atoms with Crippen LogP contribution >= 0.6 is 0 Å². The van der Waals surface area contributed by atoms with E-state index in [4.69, 9.17) is 17.2 Å². The van der Waals surface area contributed by atoms with Crippen LogP contribution in [-0.4, -0.2) is 16.5 Å². The molecule has 2 aliphatic carbocycles. The first-order valence-electron chi connectivity index (χ1n) is 9.85. The lowest BCUT2D eigenvalue weighted by Crippen LogP contribution is -2.17. The van der Waals surface area contributed by atoms with Gasteiger partial charge in [-0.3, -0.25) is 0 Å². The Hall–Kier alpha value is -2.14. The Morgan fingerprint density at radius 2 is 1.62 bits per heavy atom. The zero-order valence-electron chi connectivity index (χ0n) is 15.5. The van der Waals surface area contributed by atoms with Gasteiger partial charge >= 0.3 is 0 Å². The average molecular weight is 354 g/mol. The Morgan fingerprint density at radius 1 is 0.885 bits per heavy atom. The van der Waals surface area contributed by atoms with Gasteiger partial charge in [-0.05, 0) is 50.1 Å². The summed E-state index contributed by atoms with van der Waals surface area (Å²) >= 11 is 0. The number of fused-ring (bicyclic) bond motifs is 1. The number of nitrogens with zero attached hydrogens (tertiary/aromatic N) is 2. The van der Waals surface area contributed by atoms with Gasteiger partial charge in [0.05, 0.1) is 5.69 Å². The summed E-state index contributed by atoms with van der Waals surface area (Å²) in [5.41, 5.74) is 20.5. The largest absolute Gasteiger partial charge is 0.383 e. The maximum atomic E-state index is 5.95. The quantitative estimate of drug-likeness (QED) is 0.765. The molecule has 0 bridgehead atoms. The zero-order chi connectivity index (χ0) is 18.4. The van der Waals surface area contributed by atoms with Crippen molar-refractivity contribution in [3.8, 4) is 0 Å². The molecule has 6 N–H and O–H groups in total. The average Bonchev–Trinajstić information content (AvgIpc) is 2.69. The maximum absolute atomic E-state index is 5.95. The highest BCUT2D eigenvalue weighted by Gasteiger charge is 2.25. The van der Waals surface area contributed by atoms with E-state index in [1.807, 2.05) is 6.07 Å². The molecular weight excluding hydrogens is 322 g/mol. The van der Waals surface area contributed by atoms with Crippen molar-refractivity contribution in [2.45, 2.75) is 57.3 Å². The maximum Gasteiger partial charge on any atom is 0.222 e. The summed E-state index contributed by atoms with van der Waals surface area (Å²) in [6, 6.07) is 10.4. The van der Waals surface area contributed by atoms with Gasteiger partial charge in [-0.25, -0.2) is 4.98 Å². The smallest absolute Gasteiger partial charge is 0.222 e. The molecule has 1 aromatic heterocycles. The molecule has 26 heavy (non-hydrogen) atoms. The Morgan fingerprint density at radius 3 is 2.27 bits per heavy atom. The van der Waals surface area contributed by atoms with E-state index in [1.54, 1.807) is 0 Å². The molecule has 0 radical (unpaired) electrons. The summed E-state index contributed by atoms with van der Waals surface area (Å²) in [6.45, 7) is 0.917. The molecule has 5 nitrogen and oxygen atoms in total. The van der Waals surface area contributed by atoms with Gasteiger partial charge in [-0.2, -0.15) is 4.98 Å². The van der Waals surface area contributed by atoms with Crippen molar-refractivity contribution in [3.05, 3.63) is 47.2 Å². The summed E-state index contributed by atoms with van der Waals surface area (Å²) in [5, 5.41) is 0. The van der Waals surface area contributed by atoms with Gasteiger partial charge in [0.15, 0.2) is 0 Å². The summed E-state index contributed by atoms with van der Waals surface area (Å²) < 4.78 is 0. The Bertz CT molecular complexity index is 695. The molecule has 2 aromatic rings. The van der Waals surface area contributed by atoms with Crippen LogP contribution in [0.25, 0.3) is 0 Å². The molecule has 0 amide bonds. The van der Waals surface area contributed by atoms with E-state index >= 15 is 0 Å². The summed E-state index contributed by atoms with van der Waals surface area (Å²) in [6.07, 6.45) is 10.2. The molecule has 0 saturated heterocycles. The van der Waals surface area contributed by atoms with E-state index in [0.717, 1.165) is 43.0 Å². The van der Waals surface area contributed by atoms with Gasteiger partial charge in [0.25, 0.3) is 0 Å². The van der Waals surface area contributed by atoms with Crippen LogP contribution in [0.15, 0.2) is 30.3 Å². The lowest BCUT2D eigenvalue weighted by atomic mass is 9.82. The molecule has 0 spiro atoms. The zero-order valence-corrected chi connectivity index (χ0v) is 15.5. The second-order valence-electron chi connectivity index (χ2n) is 7.43. The first-order valence-corrected chi connectivity index (χ1v) is 9.85. The van der Waals surface area contributed by atoms with Crippen LogP contribution in [0.2, 0.25) is 0 Å². The molecule has 1 fully saturated rings. The van der Waals surface area contributed by atoms with Crippen LogP contribution in [-0.2, 0) is 6.42 Å². The normalized spacial score (nSPS) is 20.0. The van der Waals surface area contributed by atoms with Crippen LogP contribution in [0.1, 0.15) is 67.7 Å². The lowest BCUT2D eigenvalue weighted by molar-refractivity contribution is 0.366. The van der Waals surface area contributed by atoms with E-state index < -0.39 is 0 Å². The fourth-order valence-electron chi connectivity index (χ4n) is 4.13. The lowest BCUT2D eigenvalue weighted by Gasteiger charge is -2.25. The number of rotatable bonds is 2. The molecule has 2 aliphatic rings. The Labute approximate surface area is 156 Å².